The van der Waals surface area contributed by atoms with Gasteiger partial charge in [-0.05, 0) is 0 Å². The van der Waals surface area contributed by atoms with E-state index in [0.29, 0.717) is 20.4 Å². The molecule has 0 saturated carbocycles. The molecule has 0 spiro atoms. The van der Waals surface area contributed by atoms with Crippen LogP contribution in [-0.2, 0) is 0 Å². The highest BCUT2D eigenvalue weighted by Crippen LogP contribution is 2.11. The monoisotopic (exact) mass is 278 g/mol. The van der Waals surface area contributed by atoms with Crippen LogP contribution in [0.15, 0.2) is 0 Å². The molecule has 0 nitrogen and oxygen atoms in total. The van der Waals surface area contributed by atoms with Crippen LogP contribution in [0.5, 0.6) is 0 Å². The van der Waals surface area contributed by atoms with Gasteiger partial charge in [0.2, 0.25) is 0 Å². The molecule has 112 valence electrons. The quantitative estimate of drug-likeness (QED) is 0.210. The first-order chi connectivity index (χ1) is 9.41. The van der Waals surface area contributed by atoms with Crippen molar-refractivity contribution in [3.05, 3.63) is 0 Å². The standard InChI is InChI=1S/C10H21.C8H17.Mg/c1-3-5-7-9-10-8-6-4-2;1-3-5-7-8-6-4-2;/h1,3-10H2,2H3;1,3-8H2,2H3;. The fraction of sp³-hybridized carbons (Fsp3) is 1.00. The minimum absolute atomic E-state index is 0.324. The molecule has 0 N–H and O–H groups in total. The van der Waals surface area contributed by atoms with E-state index in [9.17, 15) is 0 Å². The SMILES string of the molecule is CCCCCCCCC[CH2][Mg][CH2]CCCCCCC. The highest BCUT2D eigenvalue weighted by atomic mass is 24.5. The molecule has 19 heavy (non-hydrogen) atoms. The molecule has 0 bridgehead atoms. The molecule has 0 atom stereocenters. The van der Waals surface area contributed by atoms with Crippen LogP contribution < -0.4 is 0 Å². The van der Waals surface area contributed by atoms with E-state index in [1.54, 1.807) is 21.9 Å². The van der Waals surface area contributed by atoms with Crippen molar-refractivity contribution >= 4 is 20.4 Å². The van der Waals surface area contributed by atoms with Crippen molar-refractivity contribution in [1.82, 2.24) is 0 Å². The first-order valence-electron chi connectivity index (χ1n) is 9.41. The highest BCUT2D eigenvalue weighted by Gasteiger charge is 1.97. The van der Waals surface area contributed by atoms with Crippen LogP contribution in [0.25, 0.3) is 0 Å². The summed E-state index contributed by atoms with van der Waals surface area (Å²) < 4.78 is 3.26. The van der Waals surface area contributed by atoms with Crippen LogP contribution in [0.2, 0.25) is 9.10 Å². The van der Waals surface area contributed by atoms with Gasteiger partial charge in [-0.25, -0.2) is 0 Å². The van der Waals surface area contributed by atoms with E-state index in [1.165, 1.54) is 77.0 Å². The second-order valence-electron chi connectivity index (χ2n) is 6.30. The summed E-state index contributed by atoms with van der Waals surface area (Å²) in [5, 5.41) is 0. The number of unbranched alkanes of at least 4 members (excludes halogenated alkanes) is 12. The predicted octanol–water partition coefficient (Wildman–Crippen LogP) is 7.03. The summed E-state index contributed by atoms with van der Waals surface area (Å²) >= 11 is 0.324. The molecule has 0 aromatic heterocycles. The van der Waals surface area contributed by atoms with Crippen molar-refractivity contribution < 1.29 is 0 Å². The average molecular weight is 279 g/mol. The Morgan fingerprint density at radius 2 is 0.737 bits per heavy atom. The van der Waals surface area contributed by atoms with E-state index in [2.05, 4.69) is 13.8 Å². The van der Waals surface area contributed by atoms with Gasteiger partial charge < -0.3 is 0 Å². The van der Waals surface area contributed by atoms with Crippen LogP contribution in [0.3, 0.4) is 0 Å². The van der Waals surface area contributed by atoms with Gasteiger partial charge in [-0.3, -0.25) is 0 Å². The number of rotatable bonds is 16. The summed E-state index contributed by atoms with van der Waals surface area (Å²) in [4.78, 5) is 0. The van der Waals surface area contributed by atoms with Crippen molar-refractivity contribution in [2.24, 2.45) is 0 Å². The first-order valence-corrected chi connectivity index (χ1v) is 11.4. The molecule has 0 aliphatic carbocycles. The van der Waals surface area contributed by atoms with Gasteiger partial charge in [-0.15, -0.1) is 9.10 Å². The van der Waals surface area contributed by atoms with Gasteiger partial charge >= 0.3 is 20.4 Å². The molecule has 0 aliphatic heterocycles. The Kier molecular flexibility index (Phi) is 19.5. The Hall–Kier alpha value is 0.766. The summed E-state index contributed by atoms with van der Waals surface area (Å²) in [6, 6.07) is 0. The highest BCUT2D eigenvalue weighted by molar-refractivity contribution is 6.35. The normalized spacial score (nSPS) is 10.6. The van der Waals surface area contributed by atoms with Crippen LogP contribution in [0.4, 0.5) is 0 Å². The zero-order chi connectivity index (χ0) is 14.0. The Labute approximate surface area is 133 Å². The molecule has 0 aliphatic rings. The molecule has 0 saturated heterocycles. The fourth-order valence-corrected chi connectivity index (χ4v) is 4.57. The number of hydrogen-bond donors (Lipinski definition) is 0. The molecule has 0 radical (unpaired) electrons. The smallest absolute Gasteiger partial charge is 0.146 e. The summed E-state index contributed by atoms with van der Waals surface area (Å²) in [6.07, 6.45) is 20.8. The lowest BCUT2D eigenvalue weighted by molar-refractivity contribution is 0.584. The Bertz CT molecular complexity index is 129. The van der Waals surface area contributed by atoms with E-state index < -0.39 is 0 Å². The summed E-state index contributed by atoms with van der Waals surface area (Å²) in [7, 11) is 0. The van der Waals surface area contributed by atoms with Crippen molar-refractivity contribution in [1.29, 1.82) is 0 Å². The van der Waals surface area contributed by atoms with Gasteiger partial charge in [-0.1, -0.05) is 104 Å². The van der Waals surface area contributed by atoms with Gasteiger partial charge in [-0.2, -0.15) is 0 Å². The van der Waals surface area contributed by atoms with E-state index in [-0.39, 0.29) is 0 Å². The average Bonchev–Trinajstić information content (AvgIpc) is 2.43. The van der Waals surface area contributed by atoms with E-state index in [1.807, 2.05) is 0 Å². The zero-order valence-electron chi connectivity index (χ0n) is 14.0. The van der Waals surface area contributed by atoms with Crippen molar-refractivity contribution in [3.63, 3.8) is 0 Å². The molecule has 1 heteroatoms. The first kappa shape index (κ1) is 19.8. The van der Waals surface area contributed by atoms with Crippen LogP contribution >= 0.6 is 0 Å². The van der Waals surface area contributed by atoms with Crippen LogP contribution in [-0.4, -0.2) is 20.4 Å². The third-order valence-corrected chi connectivity index (χ3v) is 6.21. The second-order valence-corrected chi connectivity index (χ2v) is 8.42. The van der Waals surface area contributed by atoms with Crippen LogP contribution in [0.1, 0.15) is 104 Å². The fourth-order valence-electron chi connectivity index (χ4n) is 2.80. The zero-order valence-corrected chi connectivity index (χ0v) is 15.4. The molecule has 0 aromatic carbocycles. The molecular weight excluding hydrogens is 241 g/mol. The lowest BCUT2D eigenvalue weighted by Crippen LogP contribution is -1.90. The van der Waals surface area contributed by atoms with Crippen molar-refractivity contribution in [3.8, 4) is 0 Å². The Morgan fingerprint density at radius 3 is 1.11 bits per heavy atom. The molecule has 0 unspecified atom stereocenters. The third-order valence-electron chi connectivity index (χ3n) is 4.21. The third kappa shape index (κ3) is 18.8. The maximum atomic E-state index is 2.30. The maximum absolute atomic E-state index is 2.30. The topological polar surface area (TPSA) is 0 Å². The lowest BCUT2D eigenvalue weighted by Gasteiger charge is -2.02. The Balaban J connectivity index is 2.88. The predicted molar refractivity (Wildman–Crippen MR) is 91.4 cm³/mol. The van der Waals surface area contributed by atoms with Crippen molar-refractivity contribution in [2.45, 2.75) is 113 Å². The van der Waals surface area contributed by atoms with Crippen molar-refractivity contribution in [2.75, 3.05) is 0 Å². The summed E-state index contributed by atoms with van der Waals surface area (Å²) in [6.45, 7) is 4.60. The summed E-state index contributed by atoms with van der Waals surface area (Å²) in [5.74, 6) is 0. The van der Waals surface area contributed by atoms with Gasteiger partial charge in [0, 0.05) is 0 Å². The molecule has 0 aromatic rings. The molecule has 0 amide bonds. The van der Waals surface area contributed by atoms with Gasteiger partial charge in [0.1, 0.15) is 0 Å². The minimum Gasteiger partial charge on any atom is -0.146 e. The second kappa shape index (κ2) is 18.8. The molecule has 0 fully saturated rings. The summed E-state index contributed by atoms with van der Waals surface area (Å²) in [5.41, 5.74) is 0. The lowest BCUT2D eigenvalue weighted by atomic mass is 10.1. The molecule has 0 heterocycles. The van der Waals surface area contributed by atoms with Gasteiger partial charge in [0.05, 0.1) is 0 Å². The van der Waals surface area contributed by atoms with Gasteiger partial charge in [0.15, 0.2) is 0 Å². The van der Waals surface area contributed by atoms with E-state index in [4.69, 9.17) is 0 Å². The minimum atomic E-state index is 0.324. The largest absolute Gasteiger partial charge is 0.364 e. The number of hydrogen-bond acceptors (Lipinski definition) is 0. The molecule has 0 rings (SSSR count). The van der Waals surface area contributed by atoms with E-state index >= 15 is 0 Å². The maximum Gasteiger partial charge on any atom is 0.364 e. The molecular formula is C18H38Mg. The van der Waals surface area contributed by atoms with E-state index in [0.717, 1.165) is 0 Å². The van der Waals surface area contributed by atoms with Crippen LogP contribution in [0, 0.1) is 0 Å². The van der Waals surface area contributed by atoms with Gasteiger partial charge in [0.25, 0.3) is 0 Å². The Morgan fingerprint density at radius 1 is 0.421 bits per heavy atom.